The molecule has 0 spiro atoms. The third-order valence-electron chi connectivity index (χ3n) is 6.42. The first kappa shape index (κ1) is 28.5. The second-order valence-corrected chi connectivity index (χ2v) is 10.6. The number of carbonyl (C=O) groups excluding carboxylic acids is 2. The summed E-state index contributed by atoms with van der Waals surface area (Å²) in [6.45, 7) is 8.41. The van der Waals surface area contributed by atoms with Gasteiger partial charge < -0.3 is 15.0 Å². The van der Waals surface area contributed by atoms with E-state index in [0.717, 1.165) is 22.0 Å². The van der Waals surface area contributed by atoms with E-state index in [1.807, 2.05) is 92.7 Å². The smallest absolute Gasteiger partial charge is 0.261 e. The van der Waals surface area contributed by atoms with Crippen LogP contribution in [0.2, 0.25) is 0 Å². The fourth-order valence-corrected chi connectivity index (χ4v) is 4.45. The molecule has 3 rings (SSSR count). The number of carbonyl (C=O) groups is 2. The van der Waals surface area contributed by atoms with Gasteiger partial charge in [-0.3, -0.25) is 9.59 Å². The summed E-state index contributed by atoms with van der Waals surface area (Å²) in [7, 11) is 0. The summed E-state index contributed by atoms with van der Waals surface area (Å²) in [6, 6.07) is 24.7. The molecule has 2 atom stereocenters. The molecule has 0 radical (unpaired) electrons. The van der Waals surface area contributed by atoms with Crippen LogP contribution >= 0.6 is 15.9 Å². The van der Waals surface area contributed by atoms with Crippen molar-refractivity contribution in [3.63, 3.8) is 0 Å². The van der Waals surface area contributed by atoms with Crippen molar-refractivity contribution in [3.8, 4) is 5.75 Å². The number of hydrogen-bond donors (Lipinski definition) is 1. The number of nitrogens with zero attached hydrogens (tertiary/aromatic N) is 1. The maximum Gasteiger partial charge on any atom is 0.261 e. The average Bonchev–Trinajstić information content (AvgIpc) is 2.90. The number of nitrogens with one attached hydrogen (secondary N) is 1. The van der Waals surface area contributed by atoms with Crippen LogP contribution in [-0.4, -0.2) is 35.4 Å². The van der Waals surface area contributed by atoms with Crippen LogP contribution in [0.5, 0.6) is 5.75 Å². The quantitative estimate of drug-likeness (QED) is 0.273. The van der Waals surface area contributed by atoms with Gasteiger partial charge in [0, 0.05) is 23.5 Å². The van der Waals surface area contributed by atoms with E-state index in [1.54, 1.807) is 4.90 Å². The first-order chi connectivity index (χ1) is 17.8. The zero-order valence-electron chi connectivity index (χ0n) is 22.1. The fraction of sp³-hybridized carbons (Fsp3) is 0.355. The lowest BCUT2D eigenvalue weighted by atomic mass is 10.0. The van der Waals surface area contributed by atoms with Crippen molar-refractivity contribution < 1.29 is 14.3 Å². The van der Waals surface area contributed by atoms with E-state index in [9.17, 15) is 9.59 Å². The van der Waals surface area contributed by atoms with Gasteiger partial charge in [-0.25, -0.2) is 0 Å². The largest absolute Gasteiger partial charge is 0.484 e. The fourth-order valence-electron chi connectivity index (χ4n) is 4.00. The number of hydrogen-bond acceptors (Lipinski definition) is 3. The molecule has 1 N–H and O–H groups in total. The Morgan fingerprint density at radius 3 is 2.22 bits per heavy atom. The minimum absolute atomic E-state index is 0.00400. The third-order valence-corrected chi connectivity index (χ3v) is 6.92. The van der Waals surface area contributed by atoms with Crippen LogP contribution in [0.15, 0.2) is 83.3 Å². The minimum atomic E-state index is -0.685. The molecule has 0 bridgehead atoms. The minimum Gasteiger partial charge on any atom is -0.484 e. The molecule has 3 aromatic carbocycles. The Morgan fingerprint density at radius 1 is 0.919 bits per heavy atom. The van der Waals surface area contributed by atoms with Gasteiger partial charge in [0.1, 0.15) is 11.8 Å². The second-order valence-electron chi connectivity index (χ2n) is 9.69. The van der Waals surface area contributed by atoms with E-state index >= 15 is 0 Å². The van der Waals surface area contributed by atoms with Gasteiger partial charge in [0.25, 0.3) is 5.91 Å². The van der Waals surface area contributed by atoms with Crippen molar-refractivity contribution in [2.24, 2.45) is 0 Å². The van der Waals surface area contributed by atoms with Gasteiger partial charge in [0.15, 0.2) is 6.61 Å². The van der Waals surface area contributed by atoms with Gasteiger partial charge in [-0.2, -0.15) is 0 Å². The summed E-state index contributed by atoms with van der Waals surface area (Å²) in [5.74, 6) is 0.638. The molecule has 0 heterocycles. The van der Waals surface area contributed by atoms with Crippen molar-refractivity contribution in [3.05, 3.63) is 100 Å². The highest BCUT2D eigenvalue weighted by Crippen LogP contribution is 2.21. The van der Waals surface area contributed by atoms with Crippen LogP contribution in [0.4, 0.5) is 0 Å². The van der Waals surface area contributed by atoms with E-state index in [-0.39, 0.29) is 24.5 Å². The Bertz CT molecular complexity index is 1150. The van der Waals surface area contributed by atoms with E-state index in [4.69, 9.17) is 4.74 Å². The molecule has 5 nitrogen and oxygen atoms in total. The molecule has 37 heavy (non-hydrogen) atoms. The highest BCUT2D eigenvalue weighted by molar-refractivity contribution is 9.10. The molecular weight excluding hydrogens is 528 g/mol. The first-order valence-electron chi connectivity index (χ1n) is 12.9. The van der Waals surface area contributed by atoms with E-state index < -0.39 is 6.04 Å². The predicted octanol–water partition coefficient (Wildman–Crippen LogP) is 6.51. The number of halogens is 1. The van der Waals surface area contributed by atoms with Crippen molar-refractivity contribution >= 4 is 27.7 Å². The first-order valence-corrected chi connectivity index (χ1v) is 13.7. The van der Waals surface area contributed by atoms with Crippen LogP contribution in [0.25, 0.3) is 0 Å². The molecule has 0 fully saturated rings. The molecule has 0 unspecified atom stereocenters. The average molecular weight is 566 g/mol. The maximum absolute atomic E-state index is 13.7. The van der Waals surface area contributed by atoms with Gasteiger partial charge in [0.05, 0.1) is 0 Å². The molecule has 6 heteroatoms. The summed E-state index contributed by atoms with van der Waals surface area (Å²) >= 11 is 3.52. The predicted molar refractivity (Wildman–Crippen MR) is 153 cm³/mol. The molecule has 0 aliphatic rings. The Kier molecular flexibility index (Phi) is 10.8. The summed E-state index contributed by atoms with van der Waals surface area (Å²) in [5, 5.41) is 3.09. The van der Waals surface area contributed by atoms with Crippen molar-refractivity contribution in [2.75, 3.05) is 6.61 Å². The molecule has 0 saturated carbocycles. The van der Waals surface area contributed by atoms with Gasteiger partial charge in [-0.05, 0) is 60.2 Å². The number of ether oxygens (including phenoxy) is 1. The summed E-state index contributed by atoms with van der Waals surface area (Å²) < 4.78 is 6.81. The van der Waals surface area contributed by atoms with Crippen LogP contribution in [0.1, 0.15) is 56.7 Å². The van der Waals surface area contributed by atoms with E-state index in [2.05, 4.69) is 35.1 Å². The third kappa shape index (κ3) is 8.74. The monoisotopic (exact) mass is 564 g/mol. The molecule has 2 amide bonds. The zero-order valence-corrected chi connectivity index (χ0v) is 23.7. The van der Waals surface area contributed by atoms with Gasteiger partial charge >= 0.3 is 0 Å². The number of rotatable bonds is 12. The lowest BCUT2D eigenvalue weighted by Gasteiger charge is -2.32. The summed E-state index contributed by atoms with van der Waals surface area (Å²) in [6.07, 6.45) is 1.21. The molecule has 0 aromatic heterocycles. The van der Waals surface area contributed by atoms with Crippen molar-refractivity contribution in [2.45, 2.75) is 65.1 Å². The Balaban J connectivity index is 1.89. The zero-order chi connectivity index (χ0) is 26.8. The van der Waals surface area contributed by atoms with Crippen LogP contribution in [-0.2, 0) is 22.6 Å². The summed E-state index contributed by atoms with van der Waals surface area (Å²) in [4.78, 5) is 28.9. The topological polar surface area (TPSA) is 58.6 Å². The van der Waals surface area contributed by atoms with Crippen LogP contribution < -0.4 is 10.1 Å². The van der Waals surface area contributed by atoms with Crippen molar-refractivity contribution in [1.82, 2.24) is 10.2 Å². The van der Waals surface area contributed by atoms with Gasteiger partial charge in [-0.1, -0.05) is 91.3 Å². The lowest BCUT2D eigenvalue weighted by molar-refractivity contribution is -0.143. The van der Waals surface area contributed by atoms with Gasteiger partial charge in [0.2, 0.25) is 5.91 Å². The Hall–Kier alpha value is -3.12. The normalized spacial score (nSPS) is 12.6. The maximum atomic E-state index is 13.7. The SMILES string of the molecule is CC[C@@H](C)NC(=O)[C@@H](Cc1ccccc1)N(Cc1cccc(Br)c1)C(=O)COc1ccc(C(C)C)cc1. The molecule has 0 aliphatic heterocycles. The molecular formula is C31H37BrN2O3. The number of amides is 2. The summed E-state index contributed by atoms with van der Waals surface area (Å²) in [5.41, 5.74) is 3.13. The molecule has 0 aliphatic carbocycles. The van der Waals surface area contributed by atoms with Crippen LogP contribution in [0.3, 0.4) is 0 Å². The molecule has 3 aromatic rings. The molecule has 196 valence electrons. The van der Waals surface area contributed by atoms with E-state index in [1.165, 1.54) is 5.56 Å². The number of benzene rings is 3. The highest BCUT2D eigenvalue weighted by atomic mass is 79.9. The standard InChI is InChI=1S/C31H37BrN2O3/c1-5-23(4)33-31(36)29(19-24-10-7-6-8-11-24)34(20-25-12-9-13-27(32)18-25)30(35)21-37-28-16-14-26(15-17-28)22(2)3/h6-18,22-23,29H,5,19-21H2,1-4H3,(H,33,36)/t23-,29-/m1/s1. The second kappa shape index (κ2) is 14.0. The van der Waals surface area contributed by atoms with E-state index in [0.29, 0.717) is 24.6 Å². The van der Waals surface area contributed by atoms with Gasteiger partial charge in [-0.15, -0.1) is 0 Å². The van der Waals surface area contributed by atoms with Crippen LogP contribution in [0, 0.1) is 0 Å². The highest BCUT2D eigenvalue weighted by Gasteiger charge is 2.31. The van der Waals surface area contributed by atoms with Crippen molar-refractivity contribution in [1.29, 1.82) is 0 Å². The molecule has 0 saturated heterocycles. The Morgan fingerprint density at radius 2 is 1.59 bits per heavy atom. The Labute approximate surface area is 229 Å². The lowest BCUT2D eigenvalue weighted by Crippen LogP contribution is -2.53.